The fourth-order valence-electron chi connectivity index (χ4n) is 1.76. The standard InChI is InChI=1S/C13H20O2/c1-4-7-15-9-12-6-5-11(10(2)3)8-13(12)14/h4,6,11,13-14H,1-2,5,7-9H2,3H3/t11-,13+/m1/s1. The van der Waals surface area contributed by atoms with Gasteiger partial charge in [-0.05, 0) is 31.3 Å². The number of hydrogen-bond acceptors (Lipinski definition) is 2. The van der Waals surface area contributed by atoms with E-state index in [0.29, 0.717) is 19.1 Å². The van der Waals surface area contributed by atoms with Crippen molar-refractivity contribution in [2.75, 3.05) is 13.2 Å². The number of ether oxygens (including phenoxy) is 1. The van der Waals surface area contributed by atoms with Crippen LogP contribution in [0.5, 0.6) is 0 Å². The Morgan fingerprint density at radius 3 is 3.00 bits per heavy atom. The quantitative estimate of drug-likeness (QED) is 0.555. The number of hydrogen-bond donors (Lipinski definition) is 1. The third-order valence-corrected chi connectivity index (χ3v) is 2.80. The van der Waals surface area contributed by atoms with Crippen molar-refractivity contribution in [2.24, 2.45) is 5.92 Å². The van der Waals surface area contributed by atoms with E-state index >= 15 is 0 Å². The Bertz CT molecular complexity index is 266. The molecule has 2 nitrogen and oxygen atoms in total. The van der Waals surface area contributed by atoms with E-state index in [1.54, 1.807) is 6.08 Å². The van der Waals surface area contributed by atoms with Crippen LogP contribution >= 0.6 is 0 Å². The molecule has 0 amide bonds. The molecule has 0 saturated heterocycles. The van der Waals surface area contributed by atoms with Gasteiger partial charge in [0, 0.05) is 0 Å². The summed E-state index contributed by atoms with van der Waals surface area (Å²) in [6, 6.07) is 0. The van der Waals surface area contributed by atoms with Crippen LogP contribution in [0.4, 0.5) is 0 Å². The number of aliphatic hydroxyl groups excluding tert-OH is 1. The van der Waals surface area contributed by atoms with E-state index in [0.717, 1.165) is 24.0 Å². The molecule has 0 saturated carbocycles. The van der Waals surface area contributed by atoms with Crippen LogP contribution in [0.1, 0.15) is 19.8 Å². The van der Waals surface area contributed by atoms with Gasteiger partial charge in [0.2, 0.25) is 0 Å². The Morgan fingerprint density at radius 2 is 2.47 bits per heavy atom. The zero-order chi connectivity index (χ0) is 11.3. The highest BCUT2D eigenvalue weighted by Crippen LogP contribution is 2.28. The Morgan fingerprint density at radius 1 is 1.73 bits per heavy atom. The number of rotatable bonds is 5. The lowest BCUT2D eigenvalue weighted by molar-refractivity contribution is 0.126. The molecule has 1 rings (SSSR count). The third-order valence-electron chi connectivity index (χ3n) is 2.80. The first kappa shape index (κ1) is 12.2. The van der Waals surface area contributed by atoms with Gasteiger partial charge in [0.1, 0.15) is 0 Å². The van der Waals surface area contributed by atoms with Gasteiger partial charge in [-0.2, -0.15) is 0 Å². The maximum absolute atomic E-state index is 9.87. The first-order valence-electron chi connectivity index (χ1n) is 5.36. The van der Waals surface area contributed by atoms with Crippen LogP contribution in [0.2, 0.25) is 0 Å². The van der Waals surface area contributed by atoms with E-state index in [4.69, 9.17) is 4.74 Å². The lowest BCUT2D eigenvalue weighted by atomic mass is 9.84. The zero-order valence-corrected chi connectivity index (χ0v) is 9.41. The van der Waals surface area contributed by atoms with Gasteiger partial charge in [-0.1, -0.05) is 24.3 Å². The fourth-order valence-corrected chi connectivity index (χ4v) is 1.76. The average Bonchev–Trinajstić information content (AvgIpc) is 2.20. The van der Waals surface area contributed by atoms with Gasteiger partial charge < -0.3 is 9.84 Å². The molecule has 0 aliphatic heterocycles. The fraction of sp³-hybridized carbons (Fsp3) is 0.538. The Hall–Kier alpha value is -0.860. The van der Waals surface area contributed by atoms with Gasteiger partial charge in [0.25, 0.3) is 0 Å². The van der Waals surface area contributed by atoms with E-state index in [2.05, 4.69) is 19.2 Å². The van der Waals surface area contributed by atoms with Crippen molar-refractivity contribution < 1.29 is 9.84 Å². The lowest BCUT2D eigenvalue weighted by Crippen LogP contribution is -2.23. The molecule has 0 aromatic heterocycles. The maximum atomic E-state index is 9.87. The SMILES string of the molecule is C=CCOCC1=CC[C@@H](C(=C)C)C[C@@H]1O. The molecule has 2 atom stereocenters. The molecule has 0 bridgehead atoms. The molecule has 1 aliphatic rings. The summed E-state index contributed by atoms with van der Waals surface area (Å²) >= 11 is 0. The second kappa shape index (κ2) is 5.89. The van der Waals surface area contributed by atoms with E-state index in [1.165, 1.54) is 0 Å². The van der Waals surface area contributed by atoms with Gasteiger partial charge >= 0.3 is 0 Å². The first-order chi connectivity index (χ1) is 7.15. The topological polar surface area (TPSA) is 29.5 Å². The van der Waals surface area contributed by atoms with Crippen LogP contribution in [0.25, 0.3) is 0 Å². The second-order valence-electron chi connectivity index (χ2n) is 4.11. The Labute approximate surface area is 92.0 Å². The smallest absolute Gasteiger partial charge is 0.0778 e. The number of aliphatic hydroxyl groups is 1. The van der Waals surface area contributed by atoms with Crippen molar-refractivity contribution in [1.29, 1.82) is 0 Å². The highest BCUT2D eigenvalue weighted by molar-refractivity contribution is 5.17. The molecule has 0 heterocycles. The summed E-state index contributed by atoms with van der Waals surface area (Å²) in [5.41, 5.74) is 2.14. The molecule has 0 aromatic carbocycles. The zero-order valence-electron chi connectivity index (χ0n) is 9.41. The van der Waals surface area contributed by atoms with E-state index in [-0.39, 0.29) is 6.10 Å². The van der Waals surface area contributed by atoms with Crippen LogP contribution in [-0.2, 0) is 4.74 Å². The molecule has 1 aliphatic carbocycles. The minimum Gasteiger partial charge on any atom is -0.389 e. The van der Waals surface area contributed by atoms with Gasteiger partial charge in [-0.3, -0.25) is 0 Å². The van der Waals surface area contributed by atoms with Gasteiger partial charge in [0.15, 0.2) is 0 Å². The lowest BCUT2D eigenvalue weighted by Gasteiger charge is -2.26. The Kier molecular flexibility index (Phi) is 4.79. The van der Waals surface area contributed by atoms with Crippen molar-refractivity contribution in [1.82, 2.24) is 0 Å². The van der Waals surface area contributed by atoms with Crippen LogP contribution < -0.4 is 0 Å². The third kappa shape index (κ3) is 3.65. The highest BCUT2D eigenvalue weighted by Gasteiger charge is 2.22. The predicted octanol–water partition coefficient (Wildman–Crippen LogP) is 2.46. The Balaban J connectivity index is 2.46. The summed E-state index contributed by atoms with van der Waals surface area (Å²) in [6.45, 7) is 10.6. The monoisotopic (exact) mass is 208 g/mol. The molecule has 0 fully saturated rings. The summed E-state index contributed by atoms with van der Waals surface area (Å²) in [6.07, 6.45) is 5.17. The molecule has 0 radical (unpaired) electrons. The van der Waals surface area contributed by atoms with Gasteiger partial charge in [-0.25, -0.2) is 0 Å². The molecule has 0 unspecified atom stereocenters. The van der Waals surface area contributed by atoms with Crippen molar-refractivity contribution >= 4 is 0 Å². The minimum atomic E-state index is -0.370. The van der Waals surface area contributed by atoms with Gasteiger partial charge in [0.05, 0.1) is 19.3 Å². The van der Waals surface area contributed by atoms with E-state index in [1.807, 2.05) is 6.92 Å². The van der Waals surface area contributed by atoms with Crippen molar-refractivity contribution in [3.8, 4) is 0 Å². The first-order valence-corrected chi connectivity index (χ1v) is 5.36. The molecule has 0 spiro atoms. The van der Waals surface area contributed by atoms with Crippen LogP contribution in [0, 0.1) is 5.92 Å². The molecule has 15 heavy (non-hydrogen) atoms. The van der Waals surface area contributed by atoms with Crippen molar-refractivity contribution in [3.05, 3.63) is 36.5 Å². The van der Waals surface area contributed by atoms with E-state index < -0.39 is 0 Å². The predicted molar refractivity (Wildman–Crippen MR) is 62.6 cm³/mol. The molecular weight excluding hydrogens is 188 g/mol. The number of allylic oxidation sites excluding steroid dienone is 2. The molecule has 1 N–H and O–H groups in total. The van der Waals surface area contributed by atoms with Crippen LogP contribution in [-0.4, -0.2) is 24.4 Å². The average molecular weight is 208 g/mol. The van der Waals surface area contributed by atoms with Crippen LogP contribution in [0.15, 0.2) is 36.5 Å². The van der Waals surface area contributed by atoms with Crippen molar-refractivity contribution in [3.63, 3.8) is 0 Å². The molecule has 2 heteroatoms. The van der Waals surface area contributed by atoms with Gasteiger partial charge in [-0.15, -0.1) is 6.58 Å². The van der Waals surface area contributed by atoms with E-state index in [9.17, 15) is 5.11 Å². The highest BCUT2D eigenvalue weighted by atomic mass is 16.5. The summed E-state index contributed by atoms with van der Waals surface area (Å²) in [4.78, 5) is 0. The maximum Gasteiger partial charge on any atom is 0.0778 e. The molecule has 0 aromatic rings. The summed E-state index contributed by atoms with van der Waals surface area (Å²) < 4.78 is 5.32. The van der Waals surface area contributed by atoms with Crippen molar-refractivity contribution in [2.45, 2.75) is 25.9 Å². The summed E-state index contributed by atoms with van der Waals surface area (Å²) in [5.74, 6) is 0.420. The largest absolute Gasteiger partial charge is 0.389 e. The minimum absolute atomic E-state index is 0.370. The molecular formula is C13H20O2. The normalized spacial score (nSPS) is 25.9. The molecule has 84 valence electrons. The summed E-state index contributed by atoms with van der Waals surface area (Å²) in [5, 5.41) is 9.87. The summed E-state index contributed by atoms with van der Waals surface area (Å²) in [7, 11) is 0. The second-order valence-corrected chi connectivity index (χ2v) is 4.11. The van der Waals surface area contributed by atoms with Crippen LogP contribution in [0.3, 0.4) is 0 Å².